The number of nitrogens with zero attached hydrogens (tertiary/aromatic N) is 1. The molecule has 0 aliphatic carbocycles. The lowest BCUT2D eigenvalue weighted by Crippen LogP contribution is -2.44. The predicted octanol–water partition coefficient (Wildman–Crippen LogP) is 3.48. The van der Waals surface area contributed by atoms with Crippen LogP contribution in [0.5, 0.6) is 5.75 Å². The summed E-state index contributed by atoms with van der Waals surface area (Å²) in [5.41, 5.74) is 3.19. The number of methoxy groups -OCH3 is 1. The van der Waals surface area contributed by atoms with Crippen LogP contribution in [0.25, 0.3) is 0 Å². The first-order valence-corrected chi connectivity index (χ1v) is 7.99. The molecule has 0 fully saturated rings. The highest BCUT2D eigenvalue weighted by Crippen LogP contribution is 2.29. The molecular formula is C19H22N2O2. The highest BCUT2D eigenvalue weighted by atomic mass is 16.5. The molecule has 23 heavy (non-hydrogen) atoms. The summed E-state index contributed by atoms with van der Waals surface area (Å²) in [5.74, 6) is 0.651. The summed E-state index contributed by atoms with van der Waals surface area (Å²) in [6.45, 7) is 2.85. The fourth-order valence-electron chi connectivity index (χ4n) is 3.09. The van der Waals surface area contributed by atoms with Crippen molar-refractivity contribution in [3.05, 3.63) is 54.1 Å². The number of carbonyl (C=O) groups excluding carboxylic acids is 1. The molecule has 2 aromatic carbocycles. The van der Waals surface area contributed by atoms with E-state index in [1.165, 1.54) is 11.3 Å². The molecule has 4 nitrogen and oxygen atoms in total. The Hall–Kier alpha value is -2.49. The number of amides is 1. The van der Waals surface area contributed by atoms with Crippen molar-refractivity contribution in [2.24, 2.45) is 0 Å². The van der Waals surface area contributed by atoms with Crippen LogP contribution >= 0.6 is 0 Å². The number of ether oxygens (including phenoxy) is 1. The van der Waals surface area contributed by atoms with Crippen LogP contribution in [0.4, 0.5) is 11.4 Å². The summed E-state index contributed by atoms with van der Waals surface area (Å²) < 4.78 is 5.30. The molecule has 0 unspecified atom stereocenters. The Bertz CT molecular complexity index is 699. The van der Waals surface area contributed by atoms with Crippen molar-refractivity contribution in [3.8, 4) is 5.75 Å². The van der Waals surface area contributed by atoms with Crippen molar-refractivity contribution in [2.45, 2.75) is 25.8 Å². The normalized spacial score (nSPS) is 14.8. The number of anilines is 2. The van der Waals surface area contributed by atoms with Crippen molar-refractivity contribution in [1.82, 2.24) is 0 Å². The maximum absolute atomic E-state index is 12.7. The zero-order chi connectivity index (χ0) is 16.2. The first-order chi connectivity index (χ1) is 11.2. The van der Waals surface area contributed by atoms with Crippen LogP contribution in [0, 0.1) is 0 Å². The fraction of sp³-hybridized carbons (Fsp3) is 0.316. The smallest absolute Gasteiger partial charge is 0.246 e. The summed E-state index contributed by atoms with van der Waals surface area (Å²) in [7, 11) is 1.61. The van der Waals surface area contributed by atoms with Crippen LogP contribution in [0.1, 0.15) is 18.9 Å². The maximum Gasteiger partial charge on any atom is 0.246 e. The molecule has 3 rings (SSSR count). The molecule has 1 aliphatic heterocycles. The van der Waals surface area contributed by atoms with E-state index >= 15 is 0 Å². The van der Waals surface area contributed by atoms with Crippen molar-refractivity contribution in [2.75, 3.05) is 23.9 Å². The maximum atomic E-state index is 12.7. The standard InChI is InChI=1S/C19H22N2O2/c1-14(19(22)20-16-10-4-6-12-18(16)23-2)21-13-7-9-15-8-3-5-11-17(15)21/h3-6,8,10-12,14H,7,9,13H2,1-2H3,(H,20,22)/t14-/m0/s1. The third-order valence-electron chi connectivity index (χ3n) is 4.36. The number of carbonyl (C=O) groups is 1. The summed E-state index contributed by atoms with van der Waals surface area (Å²) in [6.07, 6.45) is 2.15. The van der Waals surface area contributed by atoms with E-state index in [2.05, 4.69) is 28.4 Å². The van der Waals surface area contributed by atoms with E-state index in [1.54, 1.807) is 7.11 Å². The van der Waals surface area contributed by atoms with Gasteiger partial charge < -0.3 is 15.0 Å². The first kappa shape index (κ1) is 15.4. The van der Waals surface area contributed by atoms with Gasteiger partial charge in [-0.2, -0.15) is 0 Å². The molecule has 1 amide bonds. The van der Waals surface area contributed by atoms with Crippen LogP contribution in [0.2, 0.25) is 0 Å². The number of hydrogen-bond donors (Lipinski definition) is 1. The Morgan fingerprint density at radius 2 is 1.91 bits per heavy atom. The molecule has 1 atom stereocenters. The SMILES string of the molecule is COc1ccccc1NC(=O)[C@H](C)N1CCCc2ccccc21. The Balaban J connectivity index is 1.78. The first-order valence-electron chi connectivity index (χ1n) is 7.99. The zero-order valence-electron chi connectivity index (χ0n) is 13.6. The van der Waals surface area contributed by atoms with E-state index in [-0.39, 0.29) is 11.9 Å². The van der Waals surface area contributed by atoms with Crippen LogP contribution in [-0.2, 0) is 11.2 Å². The number of rotatable bonds is 4. The molecule has 120 valence electrons. The Morgan fingerprint density at radius 3 is 2.74 bits per heavy atom. The number of benzene rings is 2. The number of fused-ring (bicyclic) bond motifs is 1. The summed E-state index contributed by atoms with van der Waals surface area (Å²) in [4.78, 5) is 14.9. The molecular weight excluding hydrogens is 288 g/mol. The number of aryl methyl sites for hydroxylation is 1. The third-order valence-corrected chi connectivity index (χ3v) is 4.36. The van der Waals surface area contributed by atoms with Gasteiger partial charge >= 0.3 is 0 Å². The average molecular weight is 310 g/mol. The van der Waals surface area contributed by atoms with Crippen LogP contribution < -0.4 is 15.0 Å². The van der Waals surface area contributed by atoms with E-state index in [0.29, 0.717) is 11.4 Å². The van der Waals surface area contributed by atoms with E-state index in [4.69, 9.17) is 4.74 Å². The molecule has 4 heteroatoms. The van der Waals surface area contributed by atoms with Gasteiger partial charge in [-0.1, -0.05) is 30.3 Å². The lowest BCUT2D eigenvalue weighted by Gasteiger charge is -2.35. The van der Waals surface area contributed by atoms with Crippen LogP contribution in [0.3, 0.4) is 0 Å². The minimum atomic E-state index is -0.235. The summed E-state index contributed by atoms with van der Waals surface area (Å²) >= 11 is 0. The molecule has 0 saturated heterocycles. The van der Waals surface area contributed by atoms with E-state index < -0.39 is 0 Å². The quantitative estimate of drug-likeness (QED) is 0.940. The van der Waals surface area contributed by atoms with Gasteiger partial charge in [0.05, 0.1) is 12.8 Å². The highest BCUT2D eigenvalue weighted by Gasteiger charge is 2.26. The van der Waals surface area contributed by atoms with Gasteiger partial charge in [-0.05, 0) is 43.5 Å². The van der Waals surface area contributed by atoms with Gasteiger partial charge in [-0.15, -0.1) is 0 Å². The summed E-state index contributed by atoms with van der Waals surface area (Å²) in [6, 6.07) is 15.6. The Labute approximate surface area is 137 Å². The van der Waals surface area contributed by atoms with Gasteiger partial charge in [0, 0.05) is 12.2 Å². The van der Waals surface area contributed by atoms with Crippen molar-refractivity contribution < 1.29 is 9.53 Å². The van der Waals surface area contributed by atoms with Crippen molar-refractivity contribution in [3.63, 3.8) is 0 Å². The topological polar surface area (TPSA) is 41.6 Å². The average Bonchev–Trinajstić information content (AvgIpc) is 2.61. The Kier molecular flexibility index (Phi) is 4.51. The second-order valence-electron chi connectivity index (χ2n) is 5.79. The molecule has 0 aromatic heterocycles. The second kappa shape index (κ2) is 6.73. The van der Waals surface area contributed by atoms with Crippen molar-refractivity contribution in [1.29, 1.82) is 0 Å². The highest BCUT2D eigenvalue weighted by molar-refractivity contribution is 5.97. The van der Waals surface area contributed by atoms with E-state index in [1.807, 2.05) is 37.3 Å². The molecule has 2 aromatic rings. The Morgan fingerprint density at radius 1 is 1.17 bits per heavy atom. The van der Waals surface area contributed by atoms with Gasteiger partial charge in [0.2, 0.25) is 5.91 Å². The predicted molar refractivity (Wildman–Crippen MR) is 93.2 cm³/mol. The molecule has 1 aliphatic rings. The summed E-state index contributed by atoms with van der Waals surface area (Å²) in [5, 5.41) is 2.98. The van der Waals surface area contributed by atoms with Crippen molar-refractivity contribution >= 4 is 17.3 Å². The monoisotopic (exact) mass is 310 g/mol. The molecule has 0 radical (unpaired) electrons. The van der Waals surface area contributed by atoms with E-state index in [0.717, 1.165) is 19.4 Å². The lowest BCUT2D eigenvalue weighted by molar-refractivity contribution is -0.117. The van der Waals surface area contributed by atoms with Gasteiger partial charge in [-0.25, -0.2) is 0 Å². The van der Waals surface area contributed by atoms with E-state index in [9.17, 15) is 4.79 Å². The fourth-order valence-corrected chi connectivity index (χ4v) is 3.09. The molecule has 0 saturated carbocycles. The van der Waals surface area contributed by atoms with Gasteiger partial charge in [0.1, 0.15) is 11.8 Å². The lowest BCUT2D eigenvalue weighted by atomic mass is 10.00. The van der Waals surface area contributed by atoms with Crippen LogP contribution in [0.15, 0.2) is 48.5 Å². The number of nitrogens with one attached hydrogen (secondary N) is 1. The second-order valence-corrected chi connectivity index (χ2v) is 5.79. The molecule has 1 N–H and O–H groups in total. The minimum Gasteiger partial charge on any atom is -0.495 e. The van der Waals surface area contributed by atoms with Gasteiger partial charge in [0.25, 0.3) is 0 Å². The zero-order valence-corrected chi connectivity index (χ0v) is 13.6. The number of hydrogen-bond acceptors (Lipinski definition) is 3. The largest absolute Gasteiger partial charge is 0.495 e. The van der Waals surface area contributed by atoms with Gasteiger partial charge in [0.15, 0.2) is 0 Å². The molecule has 0 bridgehead atoms. The van der Waals surface area contributed by atoms with Gasteiger partial charge in [-0.3, -0.25) is 4.79 Å². The molecule has 0 spiro atoms. The molecule has 1 heterocycles. The number of para-hydroxylation sites is 3. The third kappa shape index (κ3) is 3.16. The minimum absolute atomic E-state index is 0.0220. The van der Waals surface area contributed by atoms with Crippen LogP contribution in [-0.4, -0.2) is 25.6 Å².